The first-order valence-electron chi connectivity index (χ1n) is 5.61. The van der Waals surface area contributed by atoms with Gasteiger partial charge in [0.15, 0.2) is 0 Å². The van der Waals surface area contributed by atoms with Gasteiger partial charge in [0.25, 0.3) is 5.91 Å². The standard InChI is InChI=1S/C12H13BrN4O2/c1-6-4-16-12(19-6)7(2)17-11(18)9-3-8(13)5-15-10(9)14/h3-5,7H,1-2H3,(H2,14,15)(H,17,18). The zero-order chi connectivity index (χ0) is 14.0. The Morgan fingerprint density at radius 3 is 2.84 bits per heavy atom. The molecule has 1 unspecified atom stereocenters. The molecule has 2 rings (SSSR count). The van der Waals surface area contributed by atoms with Crippen LogP contribution in [0.4, 0.5) is 5.82 Å². The minimum atomic E-state index is -0.348. The number of nitrogens with zero attached hydrogens (tertiary/aromatic N) is 2. The molecule has 100 valence electrons. The van der Waals surface area contributed by atoms with Crippen LogP contribution in [0.3, 0.4) is 0 Å². The monoisotopic (exact) mass is 324 g/mol. The molecule has 0 saturated heterocycles. The summed E-state index contributed by atoms with van der Waals surface area (Å²) in [6.45, 7) is 3.58. The van der Waals surface area contributed by atoms with Crippen LogP contribution >= 0.6 is 15.9 Å². The number of carbonyl (C=O) groups is 1. The van der Waals surface area contributed by atoms with E-state index in [2.05, 4.69) is 31.2 Å². The van der Waals surface area contributed by atoms with E-state index in [1.165, 1.54) is 6.20 Å². The van der Waals surface area contributed by atoms with Crippen molar-refractivity contribution >= 4 is 27.7 Å². The van der Waals surface area contributed by atoms with Crippen molar-refractivity contribution in [2.24, 2.45) is 0 Å². The Morgan fingerprint density at radius 2 is 2.21 bits per heavy atom. The van der Waals surface area contributed by atoms with Gasteiger partial charge in [-0.25, -0.2) is 9.97 Å². The first-order valence-corrected chi connectivity index (χ1v) is 6.41. The third-order valence-electron chi connectivity index (χ3n) is 2.49. The number of carbonyl (C=O) groups excluding carboxylic acids is 1. The number of rotatable bonds is 3. The first-order chi connectivity index (χ1) is 8.97. The van der Waals surface area contributed by atoms with Gasteiger partial charge in [0.05, 0.1) is 11.8 Å². The highest BCUT2D eigenvalue weighted by Gasteiger charge is 2.17. The molecule has 2 heterocycles. The number of aromatic nitrogens is 2. The first kappa shape index (κ1) is 13.5. The molecule has 0 spiro atoms. The van der Waals surface area contributed by atoms with Crippen molar-refractivity contribution in [1.82, 2.24) is 15.3 Å². The number of hydrogen-bond donors (Lipinski definition) is 2. The molecule has 0 aliphatic carbocycles. The lowest BCUT2D eigenvalue weighted by Gasteiger charge is -2.11. The maximum Gasteiger partial charge on any atom is 0.255 e. The van der Waals surface area contributed by atoms with Gasteiger partial charge in [0.2, 0.25) is 5.89 Å². The average Bonchev–Trinajstić information content (AvgIpc) is 2.79. The van der Waals surface area contributed by atoms with Crippen molar-refractivity contribution in [1.29, 1.82) is 0 Å². The van der Waals surface area contributed by atoms with E-state index in [0.717, 1.165) is 0 Å². The Balaban J connectivity index is 2.15. The maximum absolute atomic E-state index is 12.1. The predicted octanol–water partition coefficient (Wildman–Crippen LogP) is 2.21. The van der Waals surface area contributed by atoms with Crippen LogP contribution < -0.4 is 11.1 Å². The second-order valence-corrected chi connectivity index (χ2v) is 5.01. The van der Waals surface area contributed by atoms with Crippen molar-refractivity contribution in [2.45, 2.75) is 19.9 Å². The van der Waals surface area contributed by atoms with E-state index < -0.39 is 0 Å². The van der Waals surface area contributed by atoms with E-state index in [1.54, 1.807) is 26.1 Å². The summed E-state index contributed by atoms with van der Waals surface area (Å²) in [6.07, 6.45) is 3.14. The Bertz CT molecular complexity index is 612. The van der Waals surface area contributed by atoms with Gasteiger partial charge in [-0.3, -0.25) is 4.79 Å². The highest BCUT2D eigenvalue weighted by molar-refractivity contribution is 9.10. The lowest BCUT2D eigenvalue weighted by molar-refractivity contribution is 0.0934. The molecule has 19 heavy (non-hydrogen) atoms. The van der Waals surface area contributed by atoms with E-state index in [1.807, 2.05) is 0 Å². The van der Waals surface area contributed by atoms with E-state index >= 15 is 0 Å². The van der Waals surface area contributed by atoms with Crippen molar-refractivity contribution in [3.8, 4) is 0 Å². The second kappa shape index (κ2) is 5.40. The van der Waals surface area contributed by atoms with Crippen LogP contribution in [0.5, 0.6) is 0 Å². The molecule has 0 fully saturated rings. The largest absolute Gasteiger partial charge is 0.444 e. The fourth-order valence-electron chi connectivity index (χ4n) is 1.54. The molecule has 0 bridgehead atoms. The summed E-state index contributed by atoms with van der Waals surface area (Å²) in [5.41, 5.74) is 5.99. The molecular weight excluding hydrogens is 312 g/mol. The number of pyridine rings is 1. The lowest BCUT2D eigenvalue weighted by atomic mass is 10.2. The SMILES string of the molecule is Cc1cnc(C(C)NC(=O)c2cc(Br)cnc2N)o1. The van der Waals surface area contributed by atoms with Gasteiger partial charge < -0.3 is 15.5 Å². The number of anilines is 1. The summed E-state index contributed by atoms with van der Waals surface area (Å²) < 4.78 is 6.04. The molecule has 7 heteroatoms. The topological polar surface area (TPSA) is 94.0 Å². The van der Waals surface area contributed by atoms with Crippen molar-refractivity contribution < 1.29 is 9.21 Å². The summed E-state index contributed by atoms with van der Waals surface area (Å²) in [5, 5.41) is 2.76. The van der Waals surface area contributed by atoms with E-state index in [9.17, 15) is 4.79 Å². The number of nitrogen functional groups attached to an aromatic ring is 1. The van der Waals surface area contributed by atoms with Crippen LogP contribution in [-0.2, 0) is 0 Å². The third kappa shape index (κ3) is 3.11. The van der Waals surface area contributed by atoms with E-state index in [-0.39, 0.29) is 17.8 Å². The quantitative estimate of drug-likeness (QED) is 0.902. The molecule has 1 amide bonds. The number of nitrogens with one attached hydrogen (secondary N) is 1. The Kier molecular flexibility index (Phi) is 3.84. The average molecular weight is 325 g/mol. The second-order valence-electron chi connectivity index (χ2n) is 4.09. The Labute approximate surface area is 118 Å². The molecule has 6 nitrogen and oxygen atoms in total. The summed E-state index contributed by atoms with van der Waals surface area (Å²) in [4.78, 5) is 20.1. The lowest BCUT2D eigenvalue weighted by Crippen LogP contribution is -2.27. The number of oxazole rings is 1. The zero-order valence-electron chi connectivity index (χ0n) is 10.5. The van der Waals surface area contributed by atoms with Crippen molar-refractivity contribution in [3.05, 3.63) is 40.1 Å². The molecule has 0 radical (unpaired) electrons. The molecule has 0 aliphatic rings. The normalized spacial score (nSPS) is 12.2. The van der Waals surface area contributed by atoms with Gasteiger partial charge in [-0.2, -0.15) is 0 Å². The van der Waals surface area contributed by atoms with Gasteiger partial charge in [-0.15, -0.1) is 0 Å². The molecule has 2 aromatic heterocycles. The highest BCUT2D eigenvalue weighted by Crippen LogP contribution is 2.17. The molecule has 1 atom stereocenters. The van der Waals surface area contributed by atoms with E-state index in [4.69, 9.17) is 10.2 Å². The molecule has 0 aromatic carbocycles. The van der Waals surface area contributed by atoms with E-state index in [0.29, 0.717) is 21.7 Å². The fourth-order valence-corrected chi connectivity index (χ4v) is 1.87. The number of aryl methyl sites for hydroxylation is 1. The van der Waals surface area contributed by atoms with Crippen LogP contribution in [0, 0.1) is 6.92 Å². The third-order valence-corrected chi connectivity index (χ3v) is 2.92. The molecule has 2 aromatic rings. The maximum atomic E-state index is 12.1. The summed E-state index contributed by atoms with van der Waals surface area (Å²) in [7, 11) is 0. The fraction of sp³-hybridized carbons (Fsp3) is 0.250. The van der Waals surface area contributed by atoms with Crippen LogP contribution in [0.2, 0.25) is 0 Å². The molecular formula is C12H13BrN4O2. The summed E-state index contributed by atoms with van der Waals surface area (Å²) in [6, 6.07) is 1.27. The van der Waals surface area contributed by atoms with Gasteiger partial charge in [-0.1, -0.05) is 0 Å². The number of halogens is 1. The highest BCUT2D eigenvalue weighted by atomic mass is 79.9. The van der Waals surface area contributed by atoms with Crippen LogP contribution in [-0.4, -0.2) is 15.9 Å². The minimum Gasteiger partial charge on any atom is -0.444 e. The summed E-state index contributed by atoms with van der Waals surface area (Å²) in [5.74, 6) is 0.998. The van der Waals surface area contributed by atoms with Crippen LogP contribution in [0.25, 0.3) is 0 Å². The van der Waals surface area contributed by atoms with Crippen LogP contribution in [0.15, 0.2) is 27.3 Å². The zero-order valence-corrected chi connectivity index (χ0v) is 12.1. The van der Waals surface area contributed by atoms with Crippen molar-refractivity contribution in [2.75, 3.05) is 5.73 Å². The van der Waals surface area contributed by atoms with Gasteiger partial charge in [0.1, 0.15) is 17.6 Å². The van der Waals surface area contributed by atoms with Crippen molar-refractivity contribution in [3.63, 3.8) is 0 Å². The molecule has 0 aliphatic heterocycles. The van der Waals surface area contributed by atoms with Gasteiger partial charge >= 0.3 is 0 Å². The van der Waals surface area contributed by atoms with Crippen LogP contribution in [0.1, 0.15) is 35.0 Å². The van der Waals surface area contributed by atoms with Gasteiger partial charge in [-0.05, 0) is 35.8 Å². The smallest absolute Gasteiger partial charge is 0.255 e. The number of hydrogen-bond acceptors (Lipinski definition) is 5. The Hall–Kier alpha value is -1.89. The predicted molar refractivity (Wildman–Crippen MR) is 73.5 cm³/mol. The molecule has 0 saturated carbocycles. The minimum absolute atomic E-state index is 0.177. The molecule has 3 N–H and O–H groups in total. The summed E-state index contributed by atoms with van der Waals surface area (Å²) >= 11 is 3.25. The Morgan fingerprint density at radius 1 is 1.47 bits per heavy atom. The number of nitrogens with two attached hydrogens (primary N) is 1. The number of amides is 1. The van der Waals surface area contributed by atoms with Gasteiger partial charge in [0, 0.05) is 10.7 Å².